The topological polar surface area (TPSA) is 56.7 Å². The third kappa shape index (κ3) is 2.38. The zero-order valence-electron chi connectivity index (χ0n) is 10.6. The number of nitrogens with two attached hydrogens (primary N) is 1. The Bertz CT molecular complexity index is 769. The normalized spacial score (nSPS) is 11.1. The Hall–Kier alpha value is -1.95. The summed E-state index contributed by atoms with van der Waals surface area (Å²) in [7, 11) is 0. The number of hydrogen-bond acceptors (Lipinski definition) is 3. The number of imidazole rings is 1. The van der Waals surface area contributed by atoms with Gasteiger partial charge in [-0.3, -0.25) is 4.57 Å². The molecule has 2 heterocycles. The zero-order chi connectivity index (χ0) is 14.1. The van der Waals surface area contributed by atoms with Crippen molar-refractivity contribution < 1.29 is 4.39 Å². The van der Waals surface area contributed by atoms with Crippen LogP contribution in [0.25, 0.3) is 11.2 Å². The van der Waals surface area contributed by atoms with Gasteiger partial charge in [0.2, 0.25) is 5.95 Å². The van der Waals surface area contributed by atoms with E-state index >= 15 is 0 Å². The van der Waals surface area contributed by atoms with E-state index in [1.807, 2.05) is 12.1 Å². The van der Waals surface area contributed by atoms with Crippen molar-refractivity contribution in [3.8, 4) is 0 Å². The summed E-state index contributed by atoms with van der Waals surface area (Å²) in [6, 6.07) is 8.59. The molecule has 102 valence electrons. The molecule has 3 aromatic rings. The molecule has 2 aromatic heterocycles. The molecule has 6 heteroatoms. The summed E-state index contributed by atoms with van der Waals surface area (Å²) in [6.45, 7) is 0.540. The van der Waals surface area contributed by atoms with E-state index in [-0.39, 0.29) is 5.82 Å². The molecule has 0 saturated carbocycles. The standard InChI is InChI=1S/C14H12BrFN4/c15-10-7-12-13(18-8-10)20(14(17)19-12)6-5-9-3-1-2-4-11(9)16/h1-4,7-8H,5-6H2,(H2,17,19). The number of halogens is 2. The third-order valence-corrected chi connectivity index (χ3v) is 3.58. The minimum absolute atomic E-state index is 0.203. The summed E-state index contributed by atoms with van der Waals surface area (Å²) in [6.07, 6.45) is 2.24. The molecule has 0 aliphatic rings. The number of aromatic nitrogens is 3. The van der Waals surface area contributed by atoms with Gasteiger partial charge in [0.25, 0.3) is 0 Å². The predicted octanol–water partition coefficient (Wildman–Crippen LogP) is 3.16. The summed E-state index contributed by atoms with van der Waals surface area (Å²) >= 11 is 3.35. The molecule has 0 amide bonds. The Kier molecular flexibility index (Phi) is 3.40. The van der Waals surface area contributed by atoms with Crippen molar-refractivity contribution in [2.75, 3.05) is 5.73 Å². The predicted molar refractivity (Wildman–Crippen MR) is 79.7 cm³/mol. The third-order valence-electron chi connectivity index (χ3n) is 3.14. The molecule has 0 saturated heterocycles. The lowest BCUT2D eigenvalue weighted by molar-refractivity contribution is 0.596. The van der Waals surface area contributed by atoms with Crippen LogP contribution in [0.5, 0.6) is 0 Å². The van der Waals surface area contributed by atoms with E-state index in [9.17, 15) is 4.39 Å². The van der Waals surface area contributed by atoms with E-state index in [4.69, 9.17) is 5.73 Å². The summed E-state index contributed by atoms with van der Waals surface area (Å²) in [4.78, 5) is 8.58. The number of anilines is 1. The van der Waals surface area contributed by atoms with Crippen molar-refractivity contribution in [2.45, 2.75) is 13.0 Å². The molecule has 0 bridgehead atoms. The first-order chi connectivity index (χ1) is 9.65. The molecule has 3 rings (SSSR count). The Morgan fingerprint density at radius 1 is 1.30 bits per heavy atom. The van der Waals surface area contributed by atoms with Crippen LogP contribution in [0.1, 0.15) is 5.56 Å². The van der Waals surface area contributed by atoms with Gasteiger partial charge in [-0.2, -0.15) is 0 Å². The van der Waals surface area contributed by atoms with Crippen molar-refractivity contribution in [2.24, 2.45) is 0 Å². The number of rotatable bonds is 3. The fourth-order valence-corrected chi connectivity index (χ4v) is 2.48. The van der Waals surface area contributed by atoms with Crippen LogP contribution in [-0.4, -0.2) is 14.5 Å². The van der Waals surface area contributed by atoms with Crippen LogP contribution in [0.3, 0.4) is 0 Å². The summed E-state index contributed by atoms with van der Waals surface area (Å²) in [5.74, 6) is 0.188. The van der Waals surface area contributed by atoms with Crippen molar-refractivity contribution in [3.05, 3.63) is 52.4 Å². The van der Waals surface area contributed by atoms with Gasteiger partial charge in [-0.1, -0.05) is 18.2 Å². The van der Waals surface area contributed by atoms with Gasteiger partial charge in [0.1, 0.15) is 11.3 Å². The summed E-state index contributed by atoms with van der Waals surface area (Å²) in [5, 5.41) is 0. The van der Waals surface area contributed by atoms with E-state index in [1.165, 1.54) is 6.07 Å². The van der Waals surface area contributed by atoms with E-state index < -0.39 is 0 Å². The number of benzene rings is 1. The fraction of sp³-hybridized carbons (Fsp3) is 0.143. The minimum atomic E-state index is -0.203. The Morgan fingerprint density at radius 3 is 2.90 bits per heavy atom. The van der Waals surface area contributed by atoms with Crippen molar-refractivity contribution in [3.63, 3.8) is 0 Å². The van der Waals surface area contributed by atoms with Crippen LogP contribution in [0.4, 0.5) is 10.3 Å². The van der Waals surface area contributed by atoms with Crippen LogP contribution in [0.2, 0.25) is 0 Å². The first kappa shape index (κ1) is 13.1. The summed E-state index contributed by atoms with van der Waals surface area (Å²) in [5.41, 5.74) is 8.00. The minimum Gasteiger partial charge on any atom is -0.369 e. The van der Waals surface area contributed by atoms with E-state index in [2.05, 4.69) is 25.9 Å². The molecule has 0 fully saturated rings. The first-order valence-electron chi connectivity index (χ1n) is 6.16. The van der Waals surface area contributed by atoms with Crippen molar-refractivity contribution >= 4 is 33.0 Å². The zero-order valence-corrected chi connectivity index (χ0v) is 12.1. The van der Waals surface area contributed by atoms with Gasteiger partial charge >= 0.3 is 0 Å². The van der Waals surface area contributed by atoms with Crippen molar-refractivity contribution in [1.29, 1.82) is 0 Å². The molecule has 0 aliphatic carbocycles. The highest BCUT2D eigenvalue weighted by Gasteiger charge is 2.10. The Balaban J connectivity index is 1.91. The number of hydrogen-bond donors (Lipinski definition) is 1. The van der Waals surface area contributed by atoms with Crippen LogP contribution in [0.15, 0.2) is 41.0 Å². The second-order valence-electron chi connectivity index (χ2n) is 4.46. The number of pyridine rings is 1. The van der Waals surface area contributed by atoms with Gasteiger partial charge in [0, 0.05) is 17.2 Å². The van der Waals surface area contributed by atoms with Crippen LogP contribution >= 0.6 is 15.9 Å². The number of nitrogens with zero attached hydrogens (tertiary/aromatic N) is 3. The van der Waals surface area contributed by atoms with Crippen LogP contribution < -0.4 is 5.73 Å². The Morgan fingerprint density at radius 2 is 2.10 bits per heavy atom. The molecular formula is C14H12BrFN4. The molecule has 1 aromatic carbocycles. The van der Waals surface area contributed by atoms with E-state index in [0.717, 1.165) is 9.99 Å². The highest BCUT2D eigenvalue weighted by atomic mass is 79.9. The quantitative estimate of drug-likeness (QED) is 0.800. The lowest BCUT2D eigenvalue weighted by Crippen LogP contribution is -2.07. The molecule has 4 nitrogen and oxygen atoms in total. The molecular weight excluding hydrogens is 323 g/mol. The smallest absolute Gasteiger partial charge is 0.202 e. The van der Waals surface area contributed by atoms with Crippen molar-refractivity contribution in [1.82, 2.24) is 14.5 Å². The van der Waals surface area contributed by atoms with Gasteiger partial charge in [-0.15, -0.1) is 0 Å². The highest BCUT2D eigenvalue weighted by Crippen LogP contribution is 2.20. The maximum Gasteiger partial charge on any atom is 0.202 e. The number of aryl methyl sites for hydroxylation is 2. The average molecular weight is 335 g/mol. The second-order valence-corrected chi connectivity index (χ2v) is 5.37. The van der Waals surface area contributed by atoms with Gasteiger partial charge in [0.15, 0.2) is 5.65 Å². The van der Waals surface area contributed by atoms with Gasteiger partial charge in [-0.25, -0.2) is 14.4 Å². The number of nitrogen functional groups attached to an aromatic ring is 1. The van der Waals surface area contributed by atoms with Gasteiger partial charge < -0.3 is 5.73 Å². The van der Waals surface area contributed by atoms with Gasteiger partial charge in [0.05, 0.1) is 0 Å². The molecule has 20 heavy (non-hydrogen) atoms. The molecule has 0 aliphatic heterocycles. The van der Waals surface area contributed by atoms with Crippen LogP contribution in [-0.2, 0) is 13.0 Å². The maximum atomic E-state index is 13.6. The monoisotopic (exact) mass is 334 g/mol. The molecule has 0 radical (unpaired) electrons. The molecule has 0 atom stereocenters. The van der Waals surface area contributed by atoms with Crippen LogP contribution in [0, 0.1) is 5.82 Å². The lowest BCUT2D eigenvalue weighted by Gasteiger charge is -2.06. The fourth-order valence-electron chi connectivity index (χ4n) is 2.16. The number of fused-ring (bicyclic) bond motifs is 1. The highest BCUT2D eigenvalue weighted by molar-refractivity contribution is 9.10. The Labute approximate surface area is 123 Å². The maximum absolute atomic E-state index is 13.6. The second kappa shape index (κ2) is 5.20. The SMILES string of the molecule is Nc1nc2cc(Br)cnc2n1CCc1ccccc1F. The lowest BCUT2D eigenvalue weighted by atomic mass is 10.1. The average Bonchev–Trinajstić information content (AvgIpc) is 2.73. The molecule has 0 unspecified atom stereocenters. The molecule has 2 N–H and O–H groups in total. The summed E-state index contributed by atoms with van der Waals surface area (Å²) < 4.78 is 16.3. The first-order valence-corrected chi connectivity index (χ1v) is 6.95. The van der Waals surface area contributed by atoms with E-state index in [1.54, 1.807) is 22.9 Å². The molecule has 0 spiro atoms. The van der Waals surface area contributed by atoms with E-state index in [0.29, 0.717) is 30.1 Å². The largest absolute Gasteiger partial charge is 0.369 e. The van der Waals surface area contributed by atoms with Gasteiger partial charge in [-0.05, 0) is 40.0 Å².